The summed E-state index contributed by atoms with van der Waals surface area (Å²) in [5.74, 6) is 0.840. The van der Waals surface area contributed by atoms with E-state index in [1.165, 1.54) is 11.1 Å². The van der Waals surface area contributed by atoms with Crippen molar-refractivity contribution in [2.24, 2.45) is 22.7 Å². The lowest BCUT2D eigenvalue weighted by Gasteiger charge is -2.62. The maximum absolute atomic E-state index is 12.6. The molecule has 6 rings (SSSR count). The summed E-state index contributed by atoms with van der Waals surface area (Å²) in [5, 5.41) is 43.3. The molecule has 0 bridgehead atoms. The van der Waals surface area contributed by atoms with Gasteiger partial charge in [0.15, 0.2) is 6.29 Å². The van der Waals surface area contributed by atoms with E-state index in [1.54, 1.807) is 13.0 Å². The summed E-state index contributed by atoms with van der Waals surface area (Å²) in [7, 11) is 0. The van der Waals surface area contributed by atoms with Crippen molar-refractivity contribution in [3.63, 3.8) is 0 Å². The van der Waals surface area contributed by atoms with E-state index in [0.29, 0.717) is 5.92 Å². The molecule has 4 aliphatic carbocycles. The van der Waals surface area contributed by atoms with Gasteiger partial charge in [0.2, 0.25) is 0 Å². The van der Waals surface area contributed by atoms with Gasteiger partial charge in [-0.15, -0.1) is 0 Å². The Balaban J connectivity index is 1.22. The Labute approximate surface area is 243 Å². The van der Waals surface area contributed by atoms with E-state index in [9.17, 15) is 25.2 Å². The van der Waals surface area contributed by atoms with Crippen molar-refractivity contribution in [1.82, 2.24) is 4.57 Å². The molecule has 12 atom stereocenters. The number of nitrogens with zero attached hydrogens (tertiary/aromatic N) is 1. The molecule has 0 radical (unpaired) electrons. The van der Waals surface area contributed by atoms with Crippen LogP contribution in [0.3, 0.4) is 0 Å². The minimum Gasteiger partial charge on any atom is -0.389 e. The first-order chi connectivity index (χ1) is 19.3. The number of allylic oxidation sites excluding steroid dienone is 1. The van der Waals surface area contributed by atoms with Crippen LogP contribution >= 0.6 is 0 Å². The van der Waals surface area contributed by atoms with Gasteiger partial charge in [-0.1, -0.05) is 31.6 Å². The average molecular weight is 572 g/mol. The molecule has 5 aliphatic rings. The molecule has 0 spiro atoms. The highest BCUT2D eigenvalue weighted by Crippen LogP contribution is 2.70. The van der Waals surface area contributed by atoms with E-state index in [4.69, 9.17) is 9.47 Å². The first-order valence-corrected chi connectivity index (χ1v) is 15.8. The van der Waals surface area contributed by atoms with Gasteiger partial charge in [0.25, 0.3) is 5.56 Å². The first kappa shape index (κ1) is 29.5. The second kappa shape index (κ2) is 10.3. The van der Waals surface area contributed by atoms with Crippen molar-refractivity contribution in [1.29, 1.82) is 0 Å². The summed E-state index contributed by atoms with van der Waals surface area (Å²) in [6.07, 6.45) is 5.96. The molecule has 8 heteroatoms. The predicted octanol–water partition coefficient (Wildman–Crippen LogP) is 3.80. The molecule has 1 saturated heterocycles. The highest BCUT2D eigenvalue weighted by atomic mass is 16.7. The molecule has 1 aromatic rings. The molecule has 0 amide bonds. The third kappa shape index (κ3) is 4.42. The molecule has 8 nitrogen and oxygen atoms in total. The van der Waals surface area contributed by atoms with Crippen LogP contribution in [0.1, 0.15) is 104 Å². The summed E-state index contributed by atoms with van der Waals surface area (Å²) >= 11 is 0. The molecule has 0 unspecified atom stereocenters. The molecular formula is C33H49NO7. The van der Waals surface area contributed by atoms with E-state index in [0.717, 1.165) is 51.4 Å². The molecule has 0 aromatic carbocycles. The minimum absolute atomic E-state index is 0.0160. The second-order valence-electron chi connectivity index (χ2n) is 14.5. The predicted molar refractivity (Wildman–Crippen MR) is 154 cm³/mol. The fraction of sp³-hybridized carbons (Fsp3) is 0.788. The maximum atomic E-state index is 12.6. The highest BCUT2D eigenvalue weighted by Gasteiger charge is 2.66. The van der Waals surface area contributed by atoms with Crippen LogP contribution < -0.4 is 5.56 Å². The lowest BCUT2D eigenvalue weighted by molar-refractivity contribution is -0.301. The van der Waals surface area contributed by atoms with Crippen LogP contribution in [0.4, 0.5) is 0 Å². The number of aromatic nitrogens is 1. The van der Waals surface area contributed by atoms with Gasteiger partial charge in [0.1, 0.15) is 18.3 Å². The number of pyridine rings is 1. The Morgan fingerprint density at radius 2 is 1.73 bits per heavy atom. The van der Waals surface area contributed by atoms with Crippen LogP contribution in [0, 0.1) is 22.7 Å². The van der Waals surface area contributed by atoms with Crippen molar-refractivity contribution in [3.8, 4) is 0 Å². The normalized spacial score (nSPS) is 47.9. The topological polar surface area (TPSA) is 121 Å². The monoisotopic (exact) mass is 571 g/mol. The van der Waals surface area contributed by atoms with Crippen LogP contribution in [0.5, 0.6) is 0 Å². The van der Waals surface area contributed by atoms with Crippen LogP contribution in [-0.4, -0.2) is 67.4 Å². The van der Waals surface area contributed by atoms with Gasteiger partial charge in [0, 0.05) is 23.7 Å². The first-order valence-electron chi connectivity index (χ1n) is 15.8. The van der Waals surface area contributed by atoms with Gasteiger partial charge >= 0.3 is 0 Å². The van der Waals surface area contributed by atoms with E-state index in [2.05, 4.69) is 19.9 Å². The lowest BCUT2D eigenvalue weighted by atomic mass is 9.45. The summed E-state index contributed by atoms with van der Waals surface area (Å²) in [4.78, 5) is 12.5. The zero-order chi connectivity index (χ0) is 29.5. The number of ether oxygens (including phenoxy) is 2. The van der Waals surface area contributed by atoms with Gasteiger partial charge in [-0.05, 0) is 101 Å². The zero-order valence-corrected chi connectivity index (χ0v) is 25.2. The summed E-state index contributed by atoms with van der Waals surface area (Å²) in [6.45, 7) is 10.4. The van der Waals surface area contributed by atoms with Gasteiger partial charge in [-0.2, -0.15) is 0 Å². The third-order valence-corrected chi connectivity index (χ3v) is 12.3. The third-order valence-electron chi connectivity index (χ3n) is 12.3. The molecule has 1 aliphatic heterocycles. The van der Waals surface area contributed by atoms with Crippen LogP contribution in [0.15, 0.2) is 34.8 Å². The fourth-order valence-electron chi connectivity index (χ4n) is 9.74. The smallest absolute Gasteiger partial charge is 0.250 e. The molecule has 2 heterocycles. The Bertz CT molecular complexity index is 1240. The summed E-state index contributed by atoms with van der Waals surface area (Å²) < 4.78 is 13.7. The number of hydrogen-bond acceptors (Lipinski definition) is 7. The van der Waals surface area contributed by atoms with Crippen molar-refractivity contribution in [2.75, 3.05) is 0 Å². The van der Waals surface area contributed by atoms with E-state index >= 15 is 0 Å². The quantitative estimate of drug-likeness (QED) is 0.406. The van der Waals surface area contributed by atoms with E-state index in [1.807, 2.05) is 30.7 Å². The number of fused-ring (bicyclic) bond motifs is 5. The lowest BCUT2D eigenvalue weighted by Crippen LogP contribution is -2.60. The average Bonchev–Trinajstić information content (AvgIpc) is 3.22. The molecule has 1 aromatic heterocycles. The summed E-state index contributed by atoms with van der Waals surface area (Å²) in [5.41, 5.74) is 1.58. The fourth-order valence-corrected chi connectivity index (χ4v) is 9.74. The van der Waals surface area contributed by atoms with Crippen LogP contribution in [-0.2, 0) is 9.47 Å². The number of aliphatic hydroxyl groups is 4. The number of rotatable bonds is 4. The van der Waals surface area contributed by atoms with Crippen molar-refractivity contribution in [2.45, 2.75) is 140 Å². The molecule has 4 N–H and O–H groups in total. The Morgan fingerprint density at radius 1 is 0.976 bits per heavy atom. The van der Waals surface area contributed by atoms with Gasteiger partial charge in [-0.3, -0.25) is 4.79 Å². The highest BCUT2D eigenvalue weighted by molar-refractivity contribution is 5.31. The summed E-state index contributed by atoms with van der Waals surface area (Å²) in [6, 6.07) is 3.79. The van der Waals surface area contributed by atoms with Crippen molar-refractivity contribution in [3.05, 3.63) is 45.9 Å². The van der Waals surface area contributed by atoms with Gasteiger partial charge < -0.3 is 34.5 Å². The Morgan fingerprint density at radius 3 is 2.46 bits per heavy atom. The SMILES string of the molecule is CC(C)n1cc([C@H]2CC[C@]3(O)[C@@H]4CCC5=C[C@@H](O[C@@H]6O[C@@H](C)[C@H](O)[C@@H](O)[C@H]6O)CC[C@]5(C)[C@H]4CC[C@]23C)ccc1=O. The van der Waals surface area contributed by atoms with Gasteiger partial charge in [0.05, 0.1) is 17.8 Å². The Kier molecular flexibility index (Phi) is 7.40. The minimum atomic E-state index is -1.30. The number of aliphatic hydroxyl groups excluding tert-OH is 3. The van der Waals surface area contributed by atoms with E-state index < -0.39 is 36.3 Å². The Hall–Kier alpha value is -1.55. The molecular weight excluding hydrogens is 522 g/mol. The number of hydrogen-bond donors (Lipinski definition) is 4. The zero-order valence-electron chi connectivity index (χ0n) is 25.2. The second-order valence-corrected chi connectivity index (χ2v) is 14.5. The van der Waals surface area contributed by atoms with E-state index in [-0.39, 0.29) is 40.4 Å². The largest absolute Gasteiger partial charge is 0.389 e. The van der Waals surface area contributed by atoms with Crippen molar-refractivity contribution < 1.29 is 29.9 Å². The molecule has 41 heavy (non-hydrogen) atoms. The molecule has 4 fully saturated rings. The molecule has 3 saturated carbocycles. The van der Waals surface area contributed by atoms with Crippen LogP contribution in [0.25, 0.3) is 0 Å². The van der Waals surface area contributed by atoms with Gasteiger partial charge in [-0.25, -0.2) is 0 Å². The molecule has 228 valence electrons. The maximum Gasteiger partial charge on any atom is 0.250 e. The standard InChI is InChI=1S/C33H49NO7/c1-18(2)34-17-20(6-9-26(34)35)23-12-15-33(39)25-8-7-21-16-22(41-30-29(38)28(37)27(36)19(3)40-30)10-13-31(21,4)24(25)11-14-32(23,33)5/h6,9,16-19,22-25,27-30,36-39H,7-8,10-15H2,1-5H3/t19-,22-,23+,24-,25+,27-,28+,29+,30-,31-,32+,33-/m0/s1. The van der Waals surface area contributed by atoms with Crippen molar-refractivity contribution >= 4 is 0 Å². The van der Waals surface area contributed by atoms with Crippen LogP contribution in [0.2, 0.25) is 0 Å².